The third-order valence-electron chi connectivity index (χ3n) is 3.64. The van der Waals surface area contributed by atoms with Gasteiger partial charge >= 0.3 is 6.03 Å². The number of hydrogen-bond donors (Lipinski definition) is 2. The molecule has 1 aromatic heterocycles. The van der Waals surface area contributed by atoms with Crippen molar-refractivity contribution in [3.05, 3.63) is 59.7 Å². The van der Waals surface area contributed by atoms with Crippen LogP contribution in [0.15, 0.2) is 53.7 Å². The highest BCUT2D eigenvalue weighted by atomic mass is 32.2. The molecule has 0 spiro atoms. The molecule has 0 saturated carbocycles. The molecular formula is C18H18N6O2S. The van der Waals surface area contributed by atoms with Crippen molar-refractivity contribution in [2.45, 2.75) is 19.0 Å². The Kier molecular flexibility index (Phi) is 5.82. The third-order valence-corrected chi connectivity index (χ3v) is 4.56. The summed E-state index contributed by atoms with van der Waals surface area (Å²) in [5.74, 6) is -0.434. The summed E-state index contributed by atoms with van der Waals surface area (Å²) < 4.78 is 1.58. The molecule has 1 heterocycles. The van der Waals surface area contributed by atoms with Gasteiger partial charge < -0.3 is 5.32 Å². The normalized spacial score (nSPS) is 10.4. The van der Waals surface area contributed by atoms with Crippen LogP contribution < -0.4 is 10.6 Å². The van der Waals surface area contributed by atoms with E-state index in [1.807, 2.05) is 38.1 Å². The average Bonchev–Trinajstić information content (AvgIpc) is 3.09. The number of aryl methyl sites for hydroxylation is 2. The number of hydrogen-bond acceptors (Lipinski definition) is 6. The van der Waals surface area contributed by atoms with Crippen molar-refractivity contribution in [1.29, 1.82) is 0 Å². The minimum atomic E-state index is -0.583. The third kappa shape index (κ3) is 4.91. The molecule has 2 aromatic carbocycles. The number of nitrogens with one attached hydrogen (secondary N) is 2. The monoisotopic (exact) mass is 382 g/mol. The van der Waals surface area contributed by atoms with Crippen LogP contribution in [0.25, 0.3) is 5.69 Å². The summed E-state index contributed by atoms with van der Waals surface area (Å²) in [6.45, 7) is 3.98. The molecular weight excluding hydrogens is 364 g/mol. The fourth-order valence-corrected chi connectivity index (χ4v) is 3.12. The van der Waals surface area contributed by atoms with E-state index in [9.17, 15) is 9.59 Å². The smallest absolute Gasteiger partial charge is 0.308 e. The maximum Gasteiger partial charge on any atom is 0.325 e. The molecule has 9 heteroatoms. The average molecular weight is 382 g/mol. The Labute approximate surface area is 160 Å². The largest absolute Gasteiger partial charge is 0.325 e. The molecule has 3 rings (SSSR count). The summed E-state index contributed by atoms with van der Waals surface area (Å²) in [4.78, 5) is 23.9. The summed E-state index contributed by atoms with van der Waals surface area (Å²) in [5.41, 5.74) is 3.61. The lowest BCUT2D eigenvalue weighted by atomic mass is 10.1. The van der Waals surface area contributed by atoms with Gasteiger partial charge in [-0.1, -0.05) is 47.7 Å². The second kappa shape index (κ2) is 8.45. The molecule has 0 aliphatic carbocycles. The lowest BCUT2D eigenvalue weighted by Gasteiger charge is -2.08. The summed E-state index contributed by atoms with van der Waals surface area (Å²) >= 11 is 1.15. The van der Waals surface area contributed by atoms with Crippen molar-refractivity contribution >= 4 is 29.4 Å². The standard InChI is InChI=1S/C18H18N6O2S/c1-12-8-9-15(13(2)10-12)24-18(21-22-23-24)27-11-16(25)20-17(26)19-14-6-4-3-5-7-14/h3-10H,11H2,1-2H3,(H2,19,20,25,26). The van der Waals surface area contributed by atoms with Crippen LogP contribution in [0.1, 0.15) is 11.1 Å². The second-order valence-electron chi connectivity index (χ2n) is 5.82. The molecule has 0 aliphatic heterocycles. The molecule has 0 saturated heterocycles. The number of anilines is 1. The summed E-state index contributed by atoms with van der Waals surface area (Å²) in [5, 5.41) is 17.0. The van der Waals surface area contributed by atoms with Gasteiger partial charge in [0.05, 0.1) is 11.4 Å². The van der Waals surface area contributed by atoms with Crippen LogP contribution in [0.3, 0.4) is 0 Å². The van der Waals surface area contributed by atoms with Crippen molar-refractivity contribution in [1.82, 2.24) is 25.5 Å². The number of carbonyl (C=O) groups excluding carboxylic acids is 2. The van der Waals surface area contributed by atoms with E-state index in [0.717, 1.165) is 28.6 Å². The Morgan fingerprint density at radius 2 is 1.89 bits per heavy atom. The summed E-state index contributed by atoms with van der Waals surface area (Å²) in [7, 11) is 0. The number of urea groups is 1. The number of carbonyl (C=O) groups is 2. The van der Waals surface area contributed by atoms with Crippen molar-refractivity contribution in [3.63, 3.8) is 0 Å². The molecule has 0 atom stereocenters. The number of rotatable bonds is 5. The number of amides is 3. The molecule has 0 fully saturated rings. The number of imide groups is 1. The molecule has 0 bridgehead atoms. The van der Waals surface area contributed by atoms with Gasteiger partial charge in [-0.05, 0) is 48.0 Å². The Balaban J connectivity index is 1.58. The highest BCUT2D eigenvalue weighted by molar-refractivity contribution is 7.99. The van der Waals surface area contributed by atoms with Gasteiger partial charge in [0.25, 0.3) is 0 Å². The predicted molar refractivity (Wildman–Crippen MR) is 103 cm³/mol. The number of thioether (sulfide) groups is 1. The maximum atomic E-state index is 12.0. The van der Waals surface area contributed by atoms with Gasteiger partial charge in [-0.15, -0.1) is 5.10 Å². The van der Waals surface area contributed by atoms with Crippen LogP contribution >= 0.6 is 11.8 Å². The van der Waals surface area contributed by atoms with E-state index in [2.05, 4.69) is 26.2 Å². The molecule has 0 aliphatic rings. The summed E-state index contributed by atoms with van der Waals surface area (Å²) in [6, 6.07) is 14.2. The van der Waals surface area contributed by atoms with Crippen LogP contribution in [0, 0.1) is 13.8 Å². The highest BCUT2D eigenvalue weighted by Gasteiger charge is 2.14. The number of benzene rings is 2. The lowest BCUT2D eigenvalue weighted by molar-refractivity contribution is -0.117. The molecule has 3 aromatic rings. The Morgan fingerprint density at radius 1 is 1.11 bits per heavy atom. The van der Waals surface area contributed by atoms with Gasteiger partial charge in [0.1, 0.15) is 0 Å². The lowest BCUT2D eigenvalue weighted by Crippen LogP contribution is -2.35. The van der Waals surface area contributed by atoms with Crippen molar-refractivity contribution < 1.29 is 9.59 Å². The number of para-hydroxylation sites is 1. The van der Waals surface area contributed by atoms with Gasteiger partial charge in [0, 0.05) is 5.69 Å². The Hall–Kier alpha value is -3.20. The zero-order valence-electron chi connectivity index (χ0n) is 14.8. The van der Waals surface area contributed by atoms with E-state index < -0.39 is 11.9 Å². The fourth-order valence-electron chi connectivity index (χ4n) is 2.44. The van der Waals surface area contributed by atoms with E-state index in [4.69, 9.17) is 0 Å². The van der Waals surface area contributed by atoms with E-state index in [0.29, 0.717) is 10.8 Å². The van der Waals surface area contributed by atoms with Gasteiger partial charge in [0.2, 0.25) is 11.1 Å². The maximum absolute atomic E-state index is 12.0. The molecule has 3 amide bonds. The quantitative estimate of drug-likeness (QED) is 0.658. The van der Waals surface area contributed by atoms with Crippen LogP contribution in [-0.2, 0) is 4.79 Å². The molecule has 2 N–H and O–H groups in total. The first kappa shape index (κ1) is 18.6. The molecule has 0 radical (unpaired) electrons. The molecule has 8 nitrogen and oxygen atoms in total. The number of aromatic nitrogens is 4. The zero-order valence-corrected chi connectivity index (χ0v) is 15.7. The first-order valence-electron chi connectivity index (χ1n) is 8.17. The second-order valence-corrected chi connectivity index (χ2v) is 6.76. The van der Waals surface area contributed by atoms with E-state index >= 15 is 0 Å². The summed E-state index contributed by atoms with van der Waals surface area (Å²) in [6.07, 6.45) is 0. The van der Waals surface area contributed by atoms with Crippen molar-refractivity contribution in [2.75, 3.05) is 11.1 Å². The SMILES string of the molecule is Cc1ccc(-n2nnnc2SCC(=O)NC(=O)Nc2ccccc2)c(C)c1. The molecule has 0 unspecified atom stereocenters. The minimum absolute atomic E-state index is 0.00743. The van der Waals surface area contributed by atoms with E-state index in [1.54, 1.807) is 28.9 Å². The Bertz CT molecular complexity index is 957. The van der Waals surface area contributed by atoms with Gasteiger partial charge in [-0.25, -0.2) is 4.79 Å². The van der Waals surface area contributed by atoms with Crippen molar-refractivity contribution in [3.8, 4) is 5.69 Å². The fraction of sp³-hybridized carbons (Fsp3) is 0.167. The van der Waals surface area contributed by atoms with Crippen LogP contribution in [0.5, 0.6) is 0 Å². The first-order valence-corrected chi connectivity index (χ1v) is 9.16. The van der Waals surface area contributed by atoms with Crippen LogP contribution in [0.2, 0.25) is 0 Å². The molecule has 138 valence electrons. The predicted octanol–water partition coefficient (Wildman–Crippen LogP) is 2.72. The van der Waals surface area contributed by atoms with E-state index in [1.165, 1.54) is 0 Å². The first-order chi connectivity index (χ1) is 13.0. The molecule has 27 heavy (non-hydrogen) atoms. The number of tetrazole rings is 1. The van der Waals surface area contributed by atoms with Gasteiger partial charge in [0.15, 0.2) is 0 Å². The minimum Gasteiger partial charge on any atom is -0.308 e. The van der Waals surface area contributed by atoms with E-state index in [-0.39, 0.29) is 5.75 Å². The number of nitrogens with zero attached hydrogens (tertiary/aromatic N) is 4. The Morgan fingerprint density at radius 3 is 2.63 bits per heavy atom. The zero-order chi connectivity index (χ0) is 19.2. The van der Waals surface area contributed by atoms with Crippen LogP contribution in [0.4, 0.5) is 10.5 Å². The van der Waals surface area contributed by atoms with Gasteiger partial charge in [-0.2, -0.15) is 4.68 Å². The van der Waals surface area contributed by atoms with Crippen molar-refractivity contribution in [2.24, 2.45) is 0 Å². The highest BCUT2D eigenvalue weighted by Crippen LogP contribution is 2.21. The van der Waals surface area contributed by atoms with Gasteiger partial charge in [-0.3, -0.25) is 10.1 Å². The van der Waals surface area contributed by atoms with Crippen LogP contribution in [-0.4, -0.2) is 37.9 Å². The topological polar surface area (TPSA) is 102 Å².